The Morgan fingerprint density at radius 2 is 0.543 bits per heavy atom. The van der Waals surface area contributed by atoms with Gasteiger partial charge >= 0.3 is 11.9 Å². The Morgan fingerprint density at radius 1 is 0.300 bits per heavy atom. The predicted molar refractivity (Wildman–Crippen MR) is 553 cm³/mol. The number of carboxylic acids is 2. The molecule has 0 atom stereocenters. The number of aromatic amines is 4. The van der Waals surface area contributed by atoms with E-state index in [0.717, 1.165) is 211 Å². The number of rotatable bonds is 30. The number of H-pyrrole nitrogens is 4. The van der Waals surface area contributed by atoms with Crippen molar-refractivity contribution in [3.05, 3.63) is 376 Å². The van der Waals surface area contributed by atoms with Gasteiger partial charge in [0, 0.05) is 113 Å². The number of nitrogens with zero attached hydrogens (tertiary/aromatic N) is 8. The van der Waals surface area contributed by atoms with Gasteiger partial charge in [0.15, 0.2) is 49.0 Å². The van der Waals surface area contributed by atoms with Crippen molar-refractivity contribution in [2.24, 2.45) is 0 Å². The molecule has 5 aliphatic heterocycles. The molecule has 28 nitrogen and oxygen atoms in total. The maximum Gasteiger partial charge on any atom is 0.323 e. The highest BCUT2D eigenvalue weighted by molar-refractivity contribution is 8.28. The molecule has 16 aromatic rings. The van der Waals surface area contributed by atoms with E-state index in [-0.39, 0.29) is 73.8 Å². The van der Waals surface area contributed by atoms with Gasteiger partial charge in [0.1, 0.15) is 44.7 Å². The zero-order valence-corrected chi connectivity index (χ0v) is 79.5. The number of hydrogen-bond donors (Lipinski definition) is 6. The van der Waals surface area contributed by atoms with E-state index in [1.54, 1.807) is 24.3 Å². The van der Waals surface area contributed by atoms with E-state index in [9.17, 15) is 48.6 Å². The topological polar surface area (TPSA) is 328 Å². The number of benzene rings is 8. The van der Waals surface area contributed by atoms with Crippen LogP contribution in [0.2, 0.25) is 0 Å². The van der Waals surface area contributed by atoms with Gasteiger partial charge in [0.05, 0.1) is 41.7 Å². The third kappa shape index (κ3) is 18.4. The molecule has 0 unspecified atom stereocenters. The molecule has 6 N–H and O–H groups in total. The van der Waals surface area contributed by atoms with Gasteiger partial charge in [-0.1, -0.05) is 169 Å². The van der Waals surface area contributed by atoms with Gasteiger partial charge in [-0.2, -0.15) is 0 Å². The number of nitrogens with one attached hydrogen (secondary N) is 4. The summed E-state index contributed by atoms with van der Waals surface area (Å²) in [6.07, 6.45) is 14.7. The van der Waals surface area contributed by atoms with E-state index in [1.807, 2.05) is 237 Å². The summed E-state index contributed by atoms with van der Waals surface area (Å²) in [5.74, 6) is -1.46. The molecule has 140 heavy (non-hydrogen) atoms. The van der Waals surface area contributed by atoms with Crippen LogP contribution in [0.15, 0.2) is 287 Å². The molecule has 0 spiro atoms. The van der Waals surface area contributed by atoms with Crippen molar-refractivity contribution in [1.82, 2.24) is 57.8 Å². The number of thioether (sulfide) groups is 4. The Kier molecular flexibility index (Phi) is 25.0. The third-order valence-corrected chi connectivity index (χ3v) is 29.5. The highest BCUT2D eigenvalue weighted by atomic mass is 32.2. The van der Waals surface area contributed by atoms with Crippen LogP contribution in [0.3, 0.4) is 0 Å². The monoisotopic (exact) mass is 2000 g/mol. The van der Waals surface area contributed by atoms with E-state index >= 15 is 0 Å². The van der Waals surface area contributed by atoms with E-state index in [1.165, 1.54) is 9.80 Å². The van der Waals surface area contributed by atoms with Crippen LogP contribution in [0, 0.1) is 0 Å². The fourth-order valence-corrected chi connectivity index (χ4v) is 22.3. The highest BCUT2D eigenvalue weighted by Gasteiger charge is 2.37. The van der Waals surface area contributed by atoms with E-state index in [4.69, 9.17) is 77.3 Å². The van der Waals surface area contributed by atoms with Crippen molar-refractivity contribution in [1.29, 1.82) is 0 Å². The first-order valence-corrected chi connectivity index (χ1v) is 48.1. The summed E-state index contributed by atoms with van der Waals surface area (Å²) < 4.78 is 45.0. The van der Waals surface area contributed by atoms with Gasteiger partial charge in [-0.05, 0) is 239 Å². The fourth-order valence-electron chi connectivity index (χ4n) is 17.3. The molecule has 36 heteroatoms. The number of fused-ring (bicyclic) bond motifs is 12. The largest absolute Gasteiger partial charge is 0.480 e. The number of carbonyl (C=O) groups excluding carboxylic acids is 6. The third-order valence-electron chi connectivity index (χ3n) is 23.9. The van der Waals surface area contributed by atoms with Crippen LogP contribution in [0.1, 0.15) is 67.3 Å². The van der Waals surface area contributed by atoms with Gasteiger partial charge < -0.3 is 76.8 Å². The molecule has 5 aliphatic rings. The minimum absolute atomic E-state index is 0.164. The van der Waals surface area contributed by atoms with Crippen molar-refractivity contribution in [2.45, 2.75) is 26.9 Å². The molecule has 0 radical (unpaired) electrons. The summed E-state index contributed by atoms with van der Waals surface area (Å²) in [7, 11) is 0. The van der Waals surface area contributed by atoms with Crippen LogP contribution in [-0.2, 0) is 74.8 Å². The summed E-state index contributed by atoms with van der Waals surface area (Å²) in [6, 6.07) is 79.9. The number of carboxylic acid groups (broad SMARTS) is 2. The van der Waals surface area contributed by atoms with Crippen molar-refractivity contribution in [3.63, 3.8) is 0 Å². The molecular weight excluding hydrogens is 1930 g/mol. The van der Waals surface area contributed by atoms with Crippen LogP contribution in [-0.4, -0.2) is 160 Å². The first kappa shape index (κ1) is 90.7. The Bertz CT molecular complexity index is 7790. The second-order valence-corrected chi connectivity index (χ2v) is 39.3. The fraction of sp³-hybridized carbons (Fsp3) is 0.0769. The molecule has 0 aliphatic carbocycles. The lowest BCUT2D eigenvalue weighted by Gasteiger charge is -2.13. The van der Waals surface area contributed by atoms with Crippen LogP contribution in [0.25, 0.3) is 90.2 Å². The number of carbonyl (C=O) groups is 8. The molecule has 8 aromatic carbocycles. The normalized spacial score (nSPS) is 15.8. The molecule has 13 heterocycles. The van der Waals surface area contributed by atoms with Gasteiger partial charge in [0.25, 0.3) is 36.6 Å². The summed E-state index contributed by atoms with van der Waals surface area (Å²) in [6.45, 7) is -0.314. The van der Waals surface area contributed by atoms with Crippen LogP contribution >= 0.6 is 95.9 Å². The lowest BCUT2D eigenvalue weighted by atomic mass is 10.0. The first-order chi connectivity index (χ1) is 68.1. The average molecular weight is 2000 g/mol. The van der Waals surface area contributed by atoms with Crippen LogP contribution < -0.4 is 40.3 Å². The molecule has 4 fully saturated rings. The maximum atomic E-state index is 13.2. The van der Waals surface area contributed by atoms with Crippen molar-refractivity contribution in [2.75, 3.05) is 26.6 Å². The number of amides is 4. The number of thiocarbonyl (C=S) groups is 4. The molecule has 8 aromatic heterocycles. The summed E-state index contributed by atoms with van der Waals surface area (Å²) in [5, 5.41) is 25.6. The predicted octanol–water partition coefficient (Wildman–Crippen LogP) is 15.5. The summed E-state index contributed by atoms with van der Waals surface area (Å²) in [4.78, 5) is 120. The van der Waals surface area contributed by atoms with Crippen molar-refractivity contribution >= 4 is 252 Å². The maximum absolute atomic E-state index is 13.2. The van der Waals surface area contributed by atoms with Crippen LogP contribution in [0.5, 0.6) is 23.0 Å². The smallest absolute Gasteiger partial charge is 0.323 e. The standard InChI is InChI=1S/C104H72N12O16S8/c117-57-127-55-115-99(125)89(139-103(115)135)47-61-3-31-85-69(43-61)35-39-111(85)53-131-73-17-9-65(10-18-73)95-79-25-23-77(106-79)93(63-5-13-71(14-6-63)129-51-109-37-33-67-41-59(1-29-83(67)109)45-87-97(123)113(49-91(119)120)101(133)137-87)75-21-22-76(105-75)94(64-7-15-72(16-8-64)130-52-110-38-34-68-42-60(2-30-84(68)110)46-88-98(124)114(50-92(121)122)102(134)138-88)78-24-26-80(107-78)96(82-28-27-81(95)108-82)66-11-19-74(20-12-66)132-54-112-40-36-70-44-62(4-32-86(70)112)48-90-100(126)116(56-128-58-118)104(136)140-90/h1-48,57-58,105-108H,49-56H2,(H,119,120)(H,121,122). The molecule has 0 saturated carbocycles. The summed E-state index contributed by atoms with van der Waals surface area (Å²) in [5.41, 5.74) is 16.6. The van der Waals surface area contributed by atoms with Gasteiger partial charge in [-0.25, -0.2) is 0 Å². The Hall–Kier alpha value is -15.8. The molecule has 8 bridgehead atoms. The molecule has 692 valence electrons. The Balaban J connectivity index is 0.628. The Labute approximate surface area is 832 Å². The number of ether oxygens (including phenoxy) is 6. The van der Waals surface area contributed by atoms with Gasteiger partial charge in [-0.15, -0.1) is 0 Å². The van der Waals surface area contributed by atoms with E-state index in [2.05, 4.69) is 68.5 Å². The minimum atomic E-state index is -1.15. The zero-order valence-electron chi connectivity index (χ0n) is 73.0. The number of aromatic nitrogens is 8. The van der Waals surface area contributed by atoms with E-state index < -0.39 is 36.8 Å². The number of hydrogen-bond acceptors (Lipinski definition) is 22. The zero-order chi connectivity index (χ0) is 96.1. The lowest BCUT2D eigenvalue weighted by molar-refractivity contribution is -0.140. The van der Waals surface area contributed by atoms with Gasteiger partial charge in [0.2, 0.25) is 0 Å². The first-order valence-electron chi connectivity index (χ1n) is 43.2. The lowest BCUT2D eigenvalue weighted by Crippen LogP contribution is -2.33. The quantitative estimate of drug-likeness (QED) is 0.0138. The van der Waals surface area contributed by atoms with Crippen LogP contribution in [0.4, 0.5) is 0 Å². The second kappa shape index (κ2) is 38.6. The SMILES string of the molecule is O=COCN1C(=O)C(=Cc2ccc3c(ccn3COc3ccc(C4=c5ccc([nH]5)=C(c5ccc(OCn6ccc7cc(C=C8SC(=S)N(COC=O)C8=O)ccc76)cc5)c5ccc([nH]5)C(c5ccc(OCn6ccc7cc(C=C8SC(=S)N(CC(=O)O)C8=O)ccc76)cc5)=c5ccc([nH]5)=C(c5ccc(OCn6ccc7cc(C=C8SC(=S)N(CC(=O)O)C8=O)ccc76)cc5)c5ccc4[nH]5)cc3)c2)SC1=S. The van der Waals surface area contributed by atoms with Crippen molar-refractivity contribution in [3.8, 4) is 23.0 Å². The highest BCUT2D eigenvalue weighted by Crippen LogP contribution is 2.40. The van der Waals surface area contributed by atoms with Gasteiger partial charge in [-0.3, -0.25) is 58.0 Å². The minimum Gasteiger partial charge on any atom is -0.480 e. The molecule has 4 amide bonds. The average Bonchev–Trinajstić information content (AvgIpc) is 1.61. The van der Waals surface area contributed by atoms with E-state index in [0.29, 0.717) is 51.3 Å². The molecule has 4 saturated heterocycles. The number of aliphatic carboxylic acids is 2. The second-order valence-electron chi connectivity index (χ2n) is 32.6. The summed E-state index contributed by atoms with van der Waals surface area (Å²) >= 11 is 26.0. The molecular formula is C104H72N12O16S8. The molecule has 21 rings (SSSR count). The Morgan fingerprint density at radius 3 is 0.786 bits per heavy atom. The van der Waals surface area contributed by atoms with Crippen molar-refractivity contribution < 1.29 is 77.0 Å².